The number of hydrogen-bond acceptors (Lipinski definition) is 3. The minimum atomic E-state index is -4.64. The third kappa shape index (κ3) is 2.92. The third-order valence-corrected chi connectivity index (χ3v) is 4.02. The molecule has 2 unspecified atom stereocenters. The number of pyridine rings is 1. The van der Waals surface area contributed by atoms with Crippen LogP contribution in [0.5, 0.6) is 0 Å². The van der Waals surface area contributed by atoms with E-state index in [9.17, 15) is 27.5 Å². The Morgan fingerprint density at radius 1 is 1.45 bits per heavy atom. The molecule has 2 heterocycles. The molecule has 4 nitrogen and oxygen atoms in total. The summed E-state index contributed by atoms with van der Waals surface area (Å²) in [5.74, 6) is -4.02. The van der Waals surface area contributed by atoms with Gasteiger partial charge >= 0.3 is 12.1 Å². The summed E-state index contributed by atoms with van der Waals surface area (Å²) in [7, 11) is 0. The van der Waals surface area contributed by atoms with E-state index in [1.807, 2.05) is 0 Å². The number of carboxylic acid groups (broad SMARTS) is 1. The Labute approximate surface area is 124 Å². The van der Waals surface area contributed by atoms with Crippen molar-refractivity contribution in [1.82, 2.24) is 4.98 Å². The van der Waals surface area contributed by atoms with Crippen molar-refractivity contribution >= 4 is 5.97 Å². The summed E-state index contributed by atoms with van der Waals surface area (Å²) >= 11 is 0. The van der Waals surface area contributed by atoms with Crippen LogP contribution in [0.1, 0.15) is 30.7 Å². The van der Waals surface area contributed by atoms with Crippen molar-refractivity contribution in [3.05, 3.63) is 29.3 Å². The van der Waals surface area contributed by atoms with Crippen LogP contribution in [-0.4, -0.2) is 34.4 Å². The molecule has 0 aliphatic carbocycles. The topological polar surface area (TPSA) is 59.4 Å². The molecule has 122 valence electrons. The van der Waals surface area contributed by atoms with Crippen LogP contribution in [0.3, 0.4) is 0 Å². The Bertz CT molecular complexity index is 590. The first-order valence-corrected chi connectivity index (χ1v) is 6.62. The Hall–Kier alpha value is -1.70. The fourth-order valence-corrected chi connectivity index (χ4v) is 2.53. The number of ether oxygens (including phenoxy) is 1. The first kappa shape index (κ1) is 16.7. The van der Waals surface area contributed by atoms with Crippen molar-refractivity contribution in [3.63, 3.8) is 0 Å². The van der Waals surface area contributed by atoms with Crippen LogP contribution in [0.4, 0.5) is 17.6 Å². The molecule has 0 spiro atoms. The number of carbonyl (C=O) groups is 1. The van der Waals surface area contributed by atoms with Gasteiger partial charge in [0.2, 0.25) is 0 Å². The molecule has 22 heavy (non-hydrogen) atoms. The molecular weight excluding hydrogens is 306 g/mol. The van der Waals surface area contributed by atoms with Gasteiger partial charge in [0.15, 0.2) is 5.60 Å². The molecule has 2 rings (SSSR count). The standard InChI is InChI=1S/C14H15F4NO3/c1-7-10(15)3-4-11(19-7)8-5-13(2,14(16,17)18)22-6-9(8)12(20)21/h3-4,8-9H,5-6H2,1-2H3,(H,20,21)/t8?,9?,13-/m1/s1. The van der Waals surface area contributed by atoms with E-state index in [4.69, 9.17) is 4.74 Å². The maximum atomic E-state index is 13.3. The number of aromatic nitrogens is 1. The number of halogens is 4. The molecule has 0 bridgehead atoms. The highest BCUT2D eigenvalue weighted by Crippen LogP contribution is 2.46. The number of aliphatic carboxylic acids is 1. The highest BCUT2D eigenvalue weighted by molar-refractivity contribution is 5.71. The van der Waals surface area contributed by atoms with E-state index in [-0.39, 0.29) is 11.4 Å². The van der Waals surface area contributed by atoms with Gasteiger partial charge in [0.05, 0.1) is 18.2 Å². The quantitative estimate of drug-likeness (QED) is 0.851. The summed E-state index contributed by atoms with van der Waals surface area (Å²) in [5, 5.41) is 9.20. The molecule has 1 aliphatic rings. The van der Waals surface area contributed by atoms with Gasteiger partial charge in [-0.1, -0.05) is 0 Å². The van der Waals surface area contributed by atoms with Crippen molar-refractivity contribution in [2.24, 2.45) is 5.92 Å². The molecule has 3 atom stereocenters. The van der Waals surface area contributed by atoms with Crippen LogP contribution < -0.4 is 0 Å². The summed E-state index contributed by atoms with van der Waals surface area (Å²) in [6.07, 6.45) is -5.21. The molecule has 0 radical (unpaired) electrons. The minimum Gasteiger partial charge on any atom is -0.481 e. The van der Waals surface area contributed by atoms with Gasteiger partial charge in [-0.25, -0.2) is 4.39 Å². The second-order valence-electron chi connectivity index (χ2n) is 5.60. The maximum absolute atomic E-state index is 13.3. The third-order valence-electron chi connectivity index (χ3n) is 4.02. The van der Waals surface area contributed by atoms with Gasteiger partial charge in [-0.05, 0) is 32.4 Å². The predicted molar refractivity (Wildman–Crippen MR) is 67.8 cm³/mol. The molecule has 1 aromatic rings. The summed E-state index contributed by atoms with van der Waals surface area (Å²) in [6, 6.07) is 2.31. The Morgan fingerprint density at radius 2 is 2.09 bits per heavy atom. The highest BCUT2D eigenvalue weighted by atomic mass is 19.4. The monoisotopic (exact) mass is 321 g/mol. The SMILES string of the molecule is Cc1nc(C2C[C@](C)(C(F)(F)F)OCC2C(=O)O)ccc1F. The van der Waals surface area contributed by atoms with Crippen LogP contribution in [0.25, 0.3) is 0 Å². The Morgan fingerprint density at radius 3 is 2.59 bits per heavy atom. The maximum Gasteiger partial charge on any atom is 0.417 e. The van der Waals surface area contributed by atoms with E-state index in [1.165, 1.54) is 13.0 Å². The molecule has 1 aliphatic heterocycles. The lowest BCUT2D eigenvalue weighted by molar-refractivity contribution is -0.290. The van der Waals surface area contributed by atoms with E-state index >= 15 is 0 Å². The van der Waals surface area contributed by atoms with Gasteiger partial charge in [-0.3, -0.25) is 9.78 Å². The van der Waals surface area contributed by atoms with Crippen LogP contribution in [-0.2, 0) is 9.53 Å². The summed E-state index contributed by atoms with van der Waals surface area (Å²) < 4.78 is 57.5. The van der Waals surface area contributed by atoms with E-state index in [0.717, 1.165) is 13.0 Å². The number of alkyl halides is 3. The molecule has 1 aromatic heterocycles. The molecule has 0 saturated carbocycles. The lowest BCUT2D eigenvalue weighted by atomic mass is 9.77. The van der Waals surface area contributed by atoms with Crippen molar-refractivity contribution < 1.29 is 32.2 Å². The number of carboxylic acids is 1. The molecule has 8 heteroatoms. The molecule has 1 saturated heterocycles. The number of nitrogens with zero attached hydrogens (tertiary/aromatic N) is 1. The van der Waals surface area contributed by atoms with E-state index in [2.05, 4.69) is 4.98 Å². The van der Waals surface area contributed by atoms with E-state index in [0.29, 0.717) is 0 Å². The molecule has 1 N–H and O–H groups in total. The van der Waals surface area contributed by atoms with Crippen molar-refractivity contribution in [2.75, 3.05) is 6.61 Å². The molecule has 0 aromatic carbocycles. The van der Waals surface area contributed by atoms with Gasteiger partial charge < -0.3 is 9.84 Å². The van der Waals surface area contributed by atoms with Gasteiger partial charge in [-0.2, -0.15) is 13.2 Å². The Balaban J connectivity index is 2.41. The first-order valence-electron chi connectivity index (χ1n) is 6.62. The minimum absolute atomic E-state index is 0.0156. The summed E-state index contributed by atoms with van der Waals surface area (Å²) in [4.78, 5) is 15.2. The zero-order chi connectivity index (χ0) is 16.7. The average Bonchev–Trinajstić information content (AvgIpc) is 2.40. The smallest absolute Gasteiger partial charge is 0.417 e. The lowest BCUT2D eigenvalue weighted by Crippen LogP contribution is -2.52. The largest absolute Gasteiger partial charge is 0.481 e. The van der Waals surface area contributed by atoms with Gasteiger partial charge in [0, 0.05) is 11.6 Å². The average molecular weight is 321 g/mol. The highest BCUT2D eigenvalue weighted by Gasteiger charge is 2.57. The second-order valence-corrected chi connectivity index (χ2v) is 5.60. The van der Waals surface area contributed by atoms with E-state index in [1.54, 1.807) is 0 Å². The Kier molecular flexibility index (Phi) is 4.16. The van der Waals surface area contributed by atoms with Crippen LogP contribution in [0.2, 0.25) is 0 Å². The summed E-state index contributed by atoms with van der Waals surface area (Å²) in [5.41, 5.74) is -2.31. The second kappa shape index (κ2) is 5.49. The van der Waals surface area contributed by atoms with Crippen LogP contribution >= 0.6 is 0 Å². The predicted octanol–water partition coefficient (Wildman–Crippen LogP) is 3.05. The van der Waals surface area contributed by atoms with Crippen molar-refractivity contribution in [3.8, 4) is 0 Å². The van der Waals surface area contributed by atoms with E-state index < -0.39 is 48.4 Å². The van der Waals surface area contributed by atoms with Gasteiger partial charge in [-0.15, -0.1) is 0 Å². The lowest BCUT2D eigenvalue weighted by Gasteiger charge is -2.41. The number of aryl methyl sites for hydroxylation is 1. The van der Waals surface area contributed by atoms with Crippen LogP contribution in [0.15, 0.2) is 12.1 Å². The molecule has 1 fully saturated rings. The van der Waals surface area contributed by atoms with Gasteiger partial charge in [0.1, 0.15) is 5.82 Å². The van der Waals surface area contributed by atoms with Gasteiger partial charge in [0.25, 0.3) is 0 Å². The first-order chi connectivity index (χ1) is 10.0. The molecule has 0 amide bonds. The normalized spacial score (nSPS) is 29.4. The zero-order valence-corrected chi connectivity index (χ0v) is 11.9. The number of rotatable bonds is 2. The zero-order valence-electron chi connectivity index (χ0n) is 11.9. The molecular formula is C14H15F4NO3. The van der Waals surface area contributed by atoms with Crippen molar-refractivity contribution in [1.29, 1.82) is 0 Å². The fraction of sp³-hybridized carbons (Fsp3) is 0.571. The van der Waals surface area contributed by atoms with Crippen LogP contribution in [0, 0.1) is 18.7 Å². The fourth-order valence-electron chi connectivity index (χ4n) is 2.53. The van der Waals surface area contributed by atoms with Crippen molar-refractivity contribution in [2.45, 2.75) is 38.0 Å². The summed E-state index contributed by atoms with van der Waals surface area (Å²) in [6.45, 7) is 1.68. The number of hydrogen-bond donors (Lipinski definition) is 1.